The molecule has 1 fully saturated rings. The number of anilines is 1. The number of carbonyl (C=O) groups is 2. The van der Waals surface area contributed by atoms with Crippen molar-refractivity contribution in [3.8, 4) is 17.2 Å². The first-order valence-corrected chi connectivity index (χ1v) is 11.5. The smallest absolute Gasteiger partial charge is 0.300 e. The van der Waals surface area contributed by atoms with E-state index in [4.69, 9.17) is 21.1 Å². The summed E-state index contributed by atoms with van der Waals surface area (Å²) in [6.07, 6.45) is 0. The Morgan fingerprint density at radius 1 is 0.943 bits per heavy atom. The molecule has 0 spiro atoms. The minimum atomic E-state index is -0.946. The molecule has 1 aliphatic rings. The fraction of sp³-hybridized carbons (Fsp3) is 0.185. The van der Waals surface area contributed by atoms with Crippen molar-refractivity contribution in [2.45, 2.75) is 19.9 Å². The number of aliphatic hydroxyl groups excluding tert-OH is 1. The first-order chi connectivity index (χ1) is 16.8. The van der Waals surface area contributed by atoms with Gasteiger partial charge in [-0.25, -0.2) is 0 Å². The quantitative estimate of drug-likeness (QED) is 0.257. The Kier molecular flexibility index (Phi) is 6.98. The topological polar surface area (TPSA) is 96.3 Å². The fourth-order valence-electron chi connectivity index (χ4n) is 4.05. The first-order valence-electron chi connectivity index (χ1n) is 11.1. The van der Waals surface area contributed by atoms with Gasteiger partial charge in [-0.05, 0) is 67.9 Å². The Hall–Kier alpha value is -3.97. The van der Waals surface area contributed by atoms with Gasteiger partial charge in [0.15, 0.2) is 0 Å². The molecule has 0 aromatic heterocycles. The zero-order valence-electron chi connectivity index (χ0n) is 19.2. The Labute approximate surface area is 207 Å². The number of rotatable bonds is 7. The van der Waals surface area contributed by atoms with Crippen LogP contribution in [0.25, 0.3) is 5.76 Å². The van der Waals surface area contributed by atoms with Crippen LogP contribution in [-0.4, -0.2) is 35.1 Å². The van der Waals surface area contributed by atoms with Crippen LogP contribution in [0.4, 0.5) is 5.69 Å². The summed E-state index contributed by atoms with van der Waals surface area (Å²) in [6.45, 7) is 4.41. The summed E-state index contributed by atoms with van der Waals surface area (Å²) in [5.41, 5.74) is 1.13. The number of ether oxygens (including phenoxy) is 2. The molecular weight excluding hydrogens is 470 g/mol. The average Bonchev–Trinajstić information content (AvgIpc) is 3.11. The van der Waals surface area contributed by atoms with Crippen LogP contribution >= 0.6 is 11.6 Å². The van der Waals surface area contributed by atoms with Gasteiger partial charge in [0.05, 0.1) is 30.4 Å². The summed E-state index contributed by atoms with van der Waals surface area (Å²) in [6, 6.07) is 16.5. The molecule has 1 heterocycles. The number of phenolic OH excluding ortho intramolecular Hbond substituents is 1. The maximum atomic E-state index is 13.3. The standard InChI is InChI=1S/C27H24ClNO6/c1-3-34-20-13-14-21(22(15-20)35-4-2)25(31)23-24(16-5-11-19(30)12-6-16)29(27(33)26(23)32)18-9-7-17(28)8-10-18/h5-15,24,30-31H,3-4H2,1-2H3/b25-23-. The Morgan fingerprint density at radius 2 is 1.60 bits per heavy atom. The van der Waals surface area contributed by atoms with Gasteiger partial charge in [0, 0.05) is 16.8 Å². The van der Waals surface area contributed by atoms with Crippen LogP contribution in [0.15, 0.2) is 72.3 Å². The molecule has 0 saturated carbocycles. The summed E-state index contributed by atoms with van der Waals surface area (Å²) < 4.78 is 11.3. The highest BCUT2D eigenvalue weighted by molar-refractivity contribution is 6.51. The molecule has 2 N–H and O–H groups in total. The van der Waals surface area contributed by atoms with E-state index in [2.05, 4.69) is 0 Å². The SMILES string of the molecule is CCOc1ccc(/C(O)=C2/C(=O)C(=O)N(c3ccc(Cl)cc3)C2c2ccc(O)cc2)c(OCC)c1. The number of nitrogens with zero attached hydrogens (tertiary/aromatic N) is 1. The number of aromatic hydroxyl groups is 1. The van der Waals surface area contributed by atoms with Crippen molar-refractivity contribution in [1.29, 1.82) is 0 Å². The molecule has 35 heavy (non-hydrogen) atoms. The van der Waals surface area contributed by atoms with E-state index in [1.165, 1.54) is 17.0 Å². The average molecular weight is 494 g/mol. The van der Waals surface area contributed by atoms with Crippen LogP contribution in [-0.2, 0) is 9.59 Å². The van der Waals surface area contributed by atoms with Gasteiger partial charge in [-0.3, -0.25) is 14.5 Å². The van der Waals surface area contributed by atoms with Crippen molar-refractivity contribution >= 4 is 34.7 Å². The minimum absolute atomic E-state index is 0.0299. The van der Waals surface area contributed by atoms with E-state index in [0.717, 1.165) is 0 Å². The molecule has 3 aromatic rings. The van der Waals surface area contributed by atoms with Crippen LogP contribution < -0.4 is 14.4 Å². The predicted octanol–water partition coefficient (Wildman–Crippen LogP) is 5.47. The minimum Gasteiger partial charge on any atom is -0.508 e. The number of halogens is 1. The molecule has 0 bridgehead atoms. The van der Waals surface area contributed by atoms with E-state index < -0.39 is 17.7 Å². The second-order valence-electron chi connectivity index (χ2n) is 7.76. The molecule has 180 valence electrons. The van der Waals surface area contributed by atoms with Gasteiger partial charge >= 0.3 is 0 Å². The molecule has 0 radical (unpaired) electrons. The van der Waals surface area contributed by atoms with Gasteiger partial charge < -0.3 is 19.7 Å². The number of aliphatic hydroxyl groups is 1. The highest BCUT2D eigenvalue weighted by atomic mass is 35.5. The maximum absolute atomic E-state index is 13.3. The Morgan fingerprint density at radius 3 is 2.23 bits per heavy atom. The summed E-state index contributed by atoms with van der Waals surface area (Å²) in [5.74, 6) is -1.11. The third-order valence-corrected chi connectivity index (χ3v) is 5.83. The molecule has 1 amide bonds. The summed E-state index contributed by atoms with van der Waals surface area (Å²) >= 11 is 6.02. The first kappa shape index (κ1) is 24.2. The lowest BCUT2D eigenvalue weighted by molar-refractivity contribution is -0.132. The fourth-order valence-corrected chi connectivity index (χ4v) is 4.17. The van der Waals surface area contributed by atoms with Crippen molar-refractivity contribution in [3.63, 3.8) is 0 Å². The van der Waals surface area contributed by atoms with E-state index in [9.17, 15) is 19.8 Å². The number of carbonyl (C=O) groups excluding carboxylic acids is 2. The molecular formula is C27H24ClNO6. The molecule has 1 atom stereocenters. The van der Waals surface area contributed by atoms with Crippen molar-refractivity contribution in [2.75, 3.05) is 18.1 Å². The summed E-state index contributed by atoms with van der Waals surface area (Å²) in [5, 5.41) is 21.7. The Bertz CT molecular complexity index is 1280. The number of amides is 1. The zero-order valence-corrected chi connectivity index (χ0v) is 20.0. The van der Waals surface area contributed by atoms with E-state index in [1.807, 2.05) is 6.92 Å². The van der Waals surface area contributed by atoms with Gasteiger partial charge in [0.1, 0.15) is 23.0 Å². The van der Waals surface area contributed by atoms with Crippen LogP contribution in [0.3, 0.4) is 0 Å². The van der Waals surface area contributed by atoms with Gasteiger partial charge in [-0.15, -0.1) is 0 Å². The molecule has 8 heteroatoms. The molecule has 1 aliphatic heterocycles. The van der Waals surface area contributed by atoms with Crippen LogP contribution in [0.2, 0.25) is 5.02 Å². The normalized spacial score (nSPS) is 17.0. The third-order valence-electron chi connectivity index (χ3n) is 5.58. The van der Waals surface area contributed by atoms with E-state index in [-0.39, 0.29) is 22.6 Å². The highest BCUT2D eigenvalue weighted by Crippen LogP contribution is 2.44. The van der Waals surface area contributed by atoms with Gasteiger partial charge in [0.25, 0.3) is 11.7 Å². The molecule has 7 nitrogen and oxygen atoms in total. The summed E-state index contributed by atoms with van der Waals surface area (Å²) in [7, 11) is 0. The van der Waals surface area contributed by atoms with Crippen molar-refractivity contribution in [2.24, 2.45) is 0 Å². The van der Waals surface area contributed by atoms with Crippen LogP contribution in [0.5, 0.6) is 17.2 Å². The molecule has 4 rings (SSSR count). The maximum Gasteiger partial charge on any atom is 0.300 e. The second-order valence-corrected chi connectivity index (χ2v) is 8.20. The number of hydrogen-bond acceptors (Lipinski definition) is 6. The van der Waals surface area contributed by atoms with Crippen LogP contribution in [0, 0.1) is 0 Å². The molecule has 3 aromatic carbocycles. The van der Waals surface area contributed by atoms with Crippen molar-refractivity contribution < 1.29 is 29.3 Å². The van der Waals surface area contributed by atoms with E-state index >= 15 is 0 Å². The molecule has 1 saturated heterocycles. The lowest BCUT2D eigenvalue weighted by atomic mass is 9.94. The lowest BCUT2D eigenvalue weighted by Gasteiger charge is -2.25. The number of benzene rings is 3. The van der Waals surface area contributed by atoms with Gasteiger partial charge in [0.2, 0.25) is 0 Å². The van der Waals surface area contributed by atoms with E-state index in [0.29, 0.717) is 41.0 Å². The van der Waals surface area contributed by atoms with E-state index in [1.54, 1.807) is 61.5 Å². The number of hydrogen-bond donors (Lipinski definition) is 2. The second kappa shape index (κ2) is 10.1. The predicted molar refractivity (Wildman–Crippen MR) is 133 cm³/mol. The number of phenols is 1. The largest absolute Gasteiger partial charge is 0.508 e. The van der Waals surface area contributed by atoms with Crippen molar-refractivity contribution in [1.82, 2.24) is 0 Å². The van der Waals surface area contributed by atoms with Crippen LogP contribution in [0.1, 0.15) is 31.0 Å². The Balaban J connectivity index is 1.93. The summed E-state index contributed by atoms with van der Waals surface area (Å²) in [4.78, 5) is 27.9. The highest BCUT2D eigenvalue weighted by Gasteiger charge is 2.47. The van der Waals surface area contributed by atoms with Gasteiger partial charge in [-0.2, -0.15) is 0 Å². The molecule has 1 unspecified atom stereocenters. The monoisotopic (exact) mass is 493 g/mol. The molecule has 0 aliphatic carbocycles. The number of Topliss-reactive ketones (excluding diaryl/α,β-unsaturated/α-hetero) is 1. The zero-order chi connectivity index (χ0) is 25.1. The third kappa shape index (κ3) is 4.68. The van der Waals surface area contributed by atoms with Crippen molar-refractivity contribution in [3.05, 3.63) is 88.5 Å². The number of ketones is 1. The van der Waals surface area contributed by atoms with Gasteiger partial charge in [-0.1, -0.05) is 23.7 Å². The lowest BCUT2D eigenvalue weighted by Crippen LogP contribution is -2.29.